The van der Waals surface area contributed by atoms with Crippen molar-refractivity contribution in [2.24, 2.45) is 0 Å². The van der Waals surface area contributed by atoms with Gasteiger partial charge in [0.25, 0.3) is 5.91 Å². The number of pyridine rings is 1. The lowest BCUT2D eigenvalue weighted by Gasteiger charge is -2.22. The number of aryl methyl sites for hydroxylation is 1. The number of carbonyl (C=O) groups excluding carboxylic acids is 2. The van der Waals surface area contributed by atoms with Gasteiger partial charge in [0.15, 0.2) is 0 Å². The molecule has 0 radical (unpaired) electrons. The topological polar surface area (TPSA) is 71.5 Å². The van der Waals surface area contributed by atoms with Crippen LogP contribution in [0.2, 0.25) is 0 Å². The highest BCUT2D eigenvalue weighted by Crippen LogP contribution is 2.41. The van der Waals surface area contributed by atoms with Crippen LogP contribution in [0.4, 0.5) is 4.79 Å². The summed E-state index contributed by atoms with van der Waals surface area (Å²) < 4.78 is 5.37. The minimum absolute atomic E-state index is 0.154. The van der Waals surface area contributed by atoms with Gasteiger partial charge in [-0.15, -0.1) is 0 Å². The number of hydrogen-bond donors (Lipinski definition) is 1. The van der Waals surface area contributed by atoms with Gasteiger partial charge in [-0.3, -0.25) is 14.7 Å². The van der Waals surface area contributed by atoms with Gasteiger partial charge in [-0.2, -0.15) is 0 Å². The second-order valence-electron chi connectivity index (χ2n) is 6.30. The summed E-state index contributed by atoms with van der Waals surface area (Å²) >= 11 is 0. The fourth-order valence-electron chi connectivity index (χ4n) is 3.65. The van der Waals surface area contributed by atoms with E-state index in [1.165, 1.54) is 4.90 Å². The molecule has 2 aliphatic rings. The first-order valence-electron chi connectivity index (χ1n) is 8.44. The van der Waals surface area contributed by atoms with Crippen molar-refractivity contribution in [1.82, 2.24) is 15.2 Å². The van der Waals surface area contributed by atoms with Gasteiger partial charge < -0.3 is 10.1 Å². The molecule has 1 atom stereocenters. The number of imide groups is 1. The van der Waals surface area contributed by atoms with Gasteiger partial charge >= 0.3 is 6.03 Å². The molecule has 1 unspecified atom stereocenters. The second-order valence-corrected chi connectivity index (χ2v) is 6.30. The second kappa shape index (κ2) is 5.88. The lowest BCUT2D eigenvalue weighted by Crippen LogP contribution is -2.41. The average molecular weight is 337 g/mol. The van der Waals surface area contributed by atoms with Crippen LogP contribution in [-0.4, -0.2) is 28.4 Å². The van der Waals surface area contributed by atoms with Gasteiger partial charge in [-0.05, 0) is 43.0 Å². The van der Waals surface area contributed by atoms with Crippen LogP contribution >= 0.6 is 0 Å². The zero-order chi connectivity index (χ0) is 17.4. The number of hydrogen-bond acceptors (Lipinski definition) is 4. The third-order valence-electron chi connectivity index (χ3n) is 4.85. The molecule has 1 aliphatic carbocycles. The van der Waals surface area contributed by atoms with E-state index in [1.54, 1.807) is 18.3 Å². The van der Waals surface area contributed by atoms with Gasteiger partial charge in [-0.25, -0.2) is 4.79 Å². The zero-order valence-corrected chi connectivity index (χ0v) is 14.0. The monoisotopic (exact) mass is 337 g/mol. The van der Waals surface area contributed by atoms with Crippen molar-refractivity contribution in [1.29, 1.82) is 0 Å². The smallest absolute Gasteiger partial charge is 0.325 e. The first kappa shape index (κ1) is 15.6. The maximum atomic E-state index is 13.1. The Morgan fingerprint density at radius 3 is 2.84 bits per heavy atom. The van der Waals surface area contributed by atoms with Crippen molar-refractivity contribution in [3.63, 3.8) is 0 Å². The molecule has 1 N–H and O–H groups in total. The van der Waals surface area contributed by atoms with E-state index in [-0.39, 0.29) is 18.5 Å². The minimum Gasteiger partial charge on any atom is -0.492 e. The summed E-state index contributed by atoms with van der Waals surface area (Å²) in [5.41, 5.74) is 1.77. The van der Waals surface area contributed by atoms with Gasteiger partial charge in [0, 0.05) is 0 Å². The molecule has 1 aromatic carbocycles. The number of urea groups is 1. The third-order valence-corrected chi connectivity index (χ3v) is 4.85. The number of amides is 3. The number of nitrogens with one attached hydrogen (secondary N) is 1. The standard InChI is InChI=1S/C19H19N3O3/c1-2-25-15-8-7-14(20-11-15)12-22-17(23)19(21-18(22)24)10-9-13-5-3-4-6-16(13)19/h3-8,11H,2,9-10,12H2,1H3,(H,21,24). The molecule has 1 spiro atoms. The maximum absolute atomic E-state index is 13.1. The van der Waals surface area contributed by atoms with Gasteiger partial charge in [0.1, 0.15) is 11.3 Å². The molecule has 25 heavy (non-hydrogen) atoms. The normalized spacial score (nSPS) is 21.6. The summed E-state index contributed by atoms with van der Waals surface area (Å²) in [6.45, 7) is 2.62. The number of ether oxygens (including phenoxy) is 1. The molecule has 128 valence electrons. The Balaban J connectivity index is 1.58. The molecule has 6 nitrogen and oxygen atoms in total. The van der Waals surface area contributed by atoms with Crippen LogP contribution in [0.15, 0.2) is 42.6 Å². The Labute approximate surface area is 145 Å². The highest BCUT2D eigenvalue weighted by Gasteiger charge is 2.55. The van der Waals surface area contributed by atoms with E-state index < -0.39 is 5.54 Å². The van der Waals surface area contributed by atoms with Gasteiger partial charge in [-0.1, -0.05) is 24.3 Å². The first-order valence-corrected chi connectivity index (χ1v) is 8.44. The lowest BCUT2D eigenvalue weighted by atomic mass is 9.92. The van der Waals surface area contributed by atoms with Crippen LogP contribution in [-0.2, 0) is 23.3 Å². The van der Waals surface area contributed by atoms with Crippen LogP contribution in [0.25, 0.3) is 0 Å². The summed E-state index contributed by atoms with van der Waals surface area (Å²) in [7, 11) is 0. The molecule has 0 bridgehead atoms. The van der Waals surface area contributed by atoms with Crippen molar-refractivity contribution in [3.05, 3.63) is 59.4 Å². The van der Waals surface area contributed by atoms with Crippen LogP contribution in [0.5, 0.6) is 5.75 Å². The van der Waals surface area contributed by atoms with E-state index in [0.29, 0.717) is 24.5 Å². The molecule has 1 saturated heterocycles. The Bertz CT molecular complexity index is 834. The minimum atomic E-state index is -0.918. The van der Waals surface area contributed by atoms with Crippen molar-refractivity contribution < 1.29 is 14.3 Å². The number of carbonyl (C=O) groups is 2. The number of nitrogens with zero attached hydrogens (tertiary/aromatic N) is 2. The zero-order valence-electron chi connectivity index (χ0n) is 14.0. The SMILES string of the molecule is CCOc1ccc(CN2C(=O)NC3(CCc4ccccc43)C2=O)nc1. The largest absolute Gasteiger partial charge is 0.492 e. The van der Waals surface area contributed by atoms with E-state index >= 15 is 0 Å². The molecule has 4 rings (SSSR count). The summed E-state index contributed by atoms with van der Waals surface area (Å²) in [6, 6.07) is 11.0. The number of aromatic nitrogens is 1. The molecular weight excluding hydrogens is 318 g/mol. The Kier molecular flexibility index (Phi) is 3.67. The Morgan fingerprint density at radius 2 is 2.08 bits per heavy atom. The highest BCUT2D eigenvalue weighted by atomic mass is 16.5. The summed E-state index contributed by atoms with van der Waals surface area (Å²) in [6.07, 6.45) is 3.00. The Hall–Kier alpha value is -2.89. The van der Waals surface area contributed by atoms with Crippen molar-refractivity contribution >= 4 is 11.9 Å². The molecule has 1 aliphatic heterocycles. The van der Waals surface area contributed by atoms with Gasteiger partial charge in [0.05, 0.1) is 25.0 Å². The van der Waals surface area contributed by atoms with E-state index in [2.05, 4.69) is 10.3 Å². The lowest BCUT2D eigenvalue weighted by molar-refractivity contribution is -0.132. The van der Waals surface area contributed by atoms with Crippen molar-refractivity contribution in [2.75, 3.05) is 6.61 Å². The molecule has 2 heterocycles. The quantitative estimate of drug-likeness (QED) is 0.870. The number of fused-ring (bicyclic) bond motifs is 2. The highest BCUT2D eigenvalue weighted by molar-refractivity contribution is 6.08. The molecule has 2 aromatic rings. The van der Waals surface area contributed by atoms with Gasteiger partial charge in [0.2, 0.25) is 0 Å². The van der Waals surface area contributed by atoms with E-state index in [9.17, 15) is 9.59 Å². The molecule has 1 fully saturated rings. The van der Waals surface area contributed by atoms with Crippen molar-refractivity contribution in [2.45, 2.75) is 31.8 Å². The third kappa shape index (κ3) is 2.45. The van der Waals surface area contributed by atoms with E-state index in [1.807, 2.05) is 31.2 Å². The van der Waals surface area contributed by atoms with E-state index in [4.69, 9.17) is 4.74 Å². The molecular formula is C19H19N3O3. The number of benzene rings is 1. The maximum Gasteiger partial charge on any atom is 0.325 e. The molecule has 6 heteroatoms. The van der Waals surface area contributed by atoms with Crippen molar-refractivity contribution in [3.8, 4) is 5.75 Å². The predicted octanol–water partition coefficient (Wildman–Crippen LogP) is 2.37. The van der Waals surface area contributed by atoms with Crippen LogP contribution in [0, 0.1) is 0 Å². The first-order chi connectivity index (χ1) is 12.1. The average Bonchev–Trinajstić information content (AvgIpc) is 3.11. The molecule has 1 aromatic heterocycles. The summed E-state index contributed by atoms with van der Waals surface area (Å²) in [5, 5.41) is 2.92. The van der Waals surface area contributed by atoms with E-state index in [0.717, 1.165) is 17.5 Å². The van der Waals surface area contributed by atoms with Crippen LogP contribution in [0.1, 0.15) is 30.2 Å². The fraction of sp³-hybridized carbons (Fsp3) is 0.316. The molecule has 3 amide bonds. The fourth-order valence-corrected chi connectivity index (χ4v) is 3.65. The summed E-state index contributed by atoms with van der Waals surface area (Å²) in [5.74, 6) is 0.475. The number of rotatable bonds is 4. The summed E-state index contributed by atoms with van der Waals surface area (Å²) in [4.78, 5) is 31.1. The van der Waals surface area contributed by atoms with Crippen LogP contribution in [0.3, 0.4) is 0 Å². The predicted molar refractivity (Wildman–Crippen MR) is 90.9 cm³/mol. The van der Waals surface area contributed by atoms with Crippen LogP contribution < -0.4 is 10.1 Å². The Morgan fingerprint density at radius 1 is 1.24 bits per heavy atom. The molecule has 0 saturated carbocycles.